The van der Waals surface area contributed by atoms with Crippen LogP contribution in [-0.4, -0.2) is 13.1 Å². The highest BCUT2D eigenvalue weighted by Gasteiger charge is 1.97. The third kappa shape index (κ3) is 6.16. The molecule has 0 aromatic carbocycles. The van der Waals surface area contributed by atoms with E-state index in [9.17, 15) is 0 Å². The third-order valence-electron chi connectivity index (χ3n) is 1.14. The molecule has 0 spiro atoms. The number of hydrogen-bond donors (Lipinski definition) is 2. The van der Waals surface area contributed by atoms with Gasteiger partial charge in [-0.25, -0.2) is 0 Å². The summed E-state index contributed by atoms with van der Waals surface area (Å²) in [5, 5.41) is 0. The van der Waals surface area contributed by atoms with Crippen LogP contribution < -0.4 is 11.5 Å². The predicted molar refractivity (Wildman–Crippen MR) is 53.2 cm³/mol. The van der Waals surface area contributed by atoms with Crippen molar-refractivity contribution in [3.05, 3.63) is 23.0 Å². The average molecular weight is 172 g/mol. The molecule has 0 bridgehead atoms. The van der Waals surface area contributed by atoms with Gasteiger partial charge in [0, 0.05) is 0 Å². The minimum atomic E-state index is 0.655. The summed E-state index contributed by atoms with van der Waals surface area (Å²) in [5.41, 5.74) is 10.7. The van der Waals surface area contributed by atoms with Crippen molar-refractivity contribution in [1.29, 1.82) is 0 Å². The van der Waals surface area contributed by atoms with Gasteiger partial charge in [0.1, 0.15) is 0 Å². The van der Waals surface area contributed by atoms with E-state index < -0.39 is 0 Å². The molecular formula is C8H16N2S. The fourth-order valence-electron chi connectivity index (χ4n) is 0.628. The van der Waals surface area contributed by atoms with Gasteiger partial charge in [0.2, 0.25) is 0 Å². The Morgan fingerprint density at radius 1 is 1.00 bits per heavy atom. The van der Waals surface area contributed by atoms with Crippen LogP contribution in [0.2, 0.25) is 0 Å². The van der Waals surface area contributed by atoms with Crippen LogP contribution in [0.15, 0.2) is 23.0 Å². The zero-order valence-corrected chi connectivity index (χ0v) is 7.62. The molecule has 0 aliphatic rings. The largest absolute Gasteiger partial charge is 0.330 e. The number of hydrogen-bond acceptors (Lipinski definition) is 3. The predicted octanol–water partition coefficient (Wildman–Crippen LogP) is 1.44. The zero-order chi connectivity index (χ0) is 8.69. The van der Waals surface area contributed by atoms with E-state index in [1.807, 2.05) is 0 Å². The van der Waals surface area contributed by atoms with Crippen LogP contribution in [0.3, 0.4) is 0 Å². The van der Waals surface area contributed by atoms with Gasteiger partial charge in [-0.05, 0) is 35.7 Å². The van der Waals surface area contributed by atoms with Crippen LogP contribution in [0.1, 0.15) is 12.8 Å². The lowest BCUT2D eigenvalue weighted by Crippen LogP contribution is -2.00. The molecule has 0 aromatic heterocycles. The fraction of sp³-hybridized carbons (Fsp3) is 0.500. The topological polar surface area (TPSA) is 52.0 Å². The molecule has 0 amide bonds. The monoisotopic (exact) mass is 172 g/mol. The first-order chi connectivity index (χ1) is 5.20. The molecule has 0 aromatic rings. The summed E-state index contributed by atoms with van der Waals surface area (Å²) >= 11 is 1.60. The zero-order valence-electron chi connectivity index (χ0n) is 6.81. The minimum absolute atomic E-state index is 0.655. The molecule has 0 rings (SSSR count). The molecule has 4 N–H and O–H groups in total. The van der Waals surface area contributed by atoms with E-state index in [1.54, 1.807) is 11.8 Å². The molecule has 0 heterocycles. The van der Waals surface area contributed by atoms with Gasteiger partial charge < -0.3 is 11.5 Å². The number of rotatable bonds is 6. The van der Waals surface area contributed by atoms with E-state index >= 15 is 0 Å². The molecule has 11 heavy (non-hydrogen) atoms. The standard InChI is InChI=1S/C8H16N2S/c1-7(3-5-9)11-8(2)4-6-10/h1-6,9-10H2. The summed E-state index contributed by atoms with van der Waals surface area (Å²) in [4.78, 5) is 2.15. The highest BCUT2D eigenvalue weighted by molar-refractivity contribution is 8.06. The molecule has 0 saturated heterocycles. The first-order valence-corrected chi connectivity index (χ1v) is 4.46. The van der Waals surface area contributed by atoms with E-state index in [-0.39, 0.29) is 0 Å². The van der Waals surface area contributed by atoms with E-state index in [0.29, 0.717) is 13.1 Å². The van der Waals surface area contributed by atoms with Crippen molar-refractivity contribution in [2.45, 2.75) is 12.8 Å². The van der Waals surface area contributed by atoms with E-state index in [2.05, 4.69) is 13.2 Å². The second-order valence-electron chi connectivity index (χ2n) is 2.26. The van der Waals surface area contributed by atoms with Gasteiger partial charge in [0.25, 0.3) is 0 Å². The Hall–Kier alpha value is -0.250. The molecule has 0 radical (unpaired) electrons. The van der Waals surface area contributed by atoms with Crippen molar-refractivity contribution in [3.63, 3.8) is 0 Å². The summed E-state index contributed by atoms with van der Waals surface area (Å²) in [7, 11) is 0. The van der Waals surface area contributed by atoms with Crippen LogP contribution >= 0.6 is 11.8 Å². The number of nitrogens with two attached hydrogens (primary N) is 2. The molecule has 2 nitrogen and oxygen atoms in total. The third-order valence-corrected chi connectivity index (χ3v) is 2.12. The Morgan fingerprint density at radius 2 is 1.36 bits per heavy atom. The second kappa shape index (κ2) is 6.46. The van der Waals surface area contributed by atoms with Crippen LogP contribution in [0.5, 0.6) is 0 Å². The Kier molecular flexibility index (Phi) is 6.31. The van der Waals surface area contributed by atoms with Crippen LogP contribution in [-0.2, 0) is 0 Å². The van der Waals surface area contributed by atoms with Gasteiger partial charge in [-0.1, -0.05) is 13.2 Å². The summed E-state index contributed by atoms with van der Waals surface area (Å²) in [6, 6.07) is 0. The van der Waals surface area contributed by atoms with Crippen molar-refractivity contribution < 1.29 is 0 Å². The molecular weight excluding hydrogens is 156 g/mol. The molecule has 0 aliphatic heterocycles. The second-order valence-corrected chi connectivity index (χ2v) is 3.62. The van der Waals surface area contributed by atoms with Crippen molar-refractivity contribution >= 4 is 11.8 Å². The maximum absolute atomic E-state index is 5.35. The maximum Gasteiger partial charge on any atom is -0.00317 e. The normalized spacial score (nSPS) is 9.64. The summed E-state index contributed by atoms with van der Waals surface area (Å²) < 4.78 is 0. The molecule has 0 atom stereocenters. The fourth-order valence-corrected chi connectivity index (χ4v) is 1.48. The van der Waals surface area contributed by atoms with Crippen LogP contribution in [0.4, 0.5) is 0 Å². The first kappa shape index (κ1) is 10.8. The molecule has 0 fully saturated rings. The van der Waals surface area contributed by atoms with Crippen molar-refractivity contribution in [2.75, 3.05) is 13.1 Å². The number of thioether (sulfide) groups is 1. The molecule has 64 valence electrons. The molecule has 3 heteroatoms. The highest BCUT2D eigenvalue weighted by atomic mass is 32.2. The molecule has 0 unspecified atom stereocenters. The summed E-state index contributed by atoms with van der Waals surface area (Å²) in [6.45, 7) is 9.00. The van der Waals surface area contributed by atoms with Gasteiger partial charge in [0.05, 0.1) is 0 Å². The van der Waals surface area contributed by atoms with Crippen LogP contribution in [0, 0.1) is 0 Å². The Balaban J connectivity index is 3.49. The van der Waals surface area contributed by atoms with Gasteiger partial charge in [-0.2, -0.15) is 0 Å². The highest BCUT2D eigenvalue weighted by Crippen LogP contribution is 2.26. The first-order valence-electron chi connectivity index (χ1n) is 3.64. The smallest absolute Gasteiger partial charge is 0.00317 e. The van der Waals surface area contributed by atoms with Gasteiger partial charge in [-0.3, -0.25) is 0 Å². The average Bonchev–Trinajstić information content (AvgIpc) is 1.87. The van der Waals surface area contributed by atoms with E-state index in [4.69, 9.17) is 11.5 Å². The minimum Gasteiger partial charge on any atom is -0.330 e. The van der Waals surface area contributed by atoms with Crippen molar-refractivity contribution in [1.82, 2.24) is 0 Å². The van der Waals surface area contributed by atoms with E-state index in [0.717, 1.165) is 22.7 Å². The quantitative estimate of drug-likeness (QED) is 0.637. The lowest BCUT2D eigenvalue weighted by Gasteiger charge is -2.04. The van der Waals surface area contributed by atoms with Crippen LogP contribution in [0.25, 0.3) is 0 Å². The van der Waals surface area contributed by atoms with Gasteiger partial charge in [0.15, 0.2) is 0 Å². The molecule has 0 saturated carbocycles. The van der Waals surface area contributed by atoms with Crippen molar-refractivity contribution in [3.8, 4) is 0 Å². The SMILES string of the molecule is C=C(CCN)SC(=C)CCN. The Labute approximate surface area is 72.7 Å². The van der Waals surface area contributed by atoms with Crippen molar-refractivity contribution in [2.24, 2.45) is 11.5 Å². The Bertz CT molecular complexity index is 127. The van der Waals surface area contributed by atoms with Gasteiger partial charge >= 0.3 is 0 Å². The lowest BCUT2D eigenvalue weighted by atomic mass is 10.4. The summed E-state index contributed by atoms with van der Waals surface area (Å²) in [6.07, 6.45) is 1.71. The molecule has 0 aliphatic carbocycles. The van der Waals surface area contributed by atoms with Gasteiger partial charge in [-0.15, -0.1) is 11.8 Å². The lowest BCUT2D eigenvalue weighted by molar-refractivity contribution is 0.989. The Morgan fingerprint density at radius 3 is 1.64 bits per heavy atom. The summed E-state index contributed by atoms with van der Waals surface area (Å²) in [5.74, 6) is 0. The van der Waals surface area contributed by atoms with E-state index in [1.165, 1.54) is 0 Å². The maximum atomic E-state index is 5.35.